The van der Waals surface area contributed by atoms with E-state index in [-0.39, 0.29) is 34.8 Å². The van der Waals surface area contributed by atoms with Crippen molar-refractivity contribution >= 4 is 43.4 Å². The molecule has 0 bridgehead atoms. The maximum absolute atomic E-state index is 13.6. The first-order valence-electron chi connectivity index (χ1n) is 12.4. The number of benzene rings is 2. The van der Waals surface area contributed by atoms with Gasteiger partial charge in [0.15, 0.2) is 11.6 Å². The highest BCUT2D eigenvalue weighted by Crippen LogP contribution is 2.54. The van der Waals surface area contributed by atoms with Crippen molar-refractivity contribution in [1.29, 1.82) is 0 Å². The van der Waals surface area contributed by atoms with Gasteiger partial charge < -0.3 is 9.47 Å². The number of Topliss-reactive ketones (excluding diaryl/α,β-unsaturated/α-hetero) is 2. The summed E-state index contributed by atoms with van der Waals surface area (Å²) in [5.74, 6) is 1.19. The number of hydrogen-bond acceptors (Lipinski definition) is 4. The molecule has 7 heteroatoms. The third-order valence-corrected chi connectivity index (χ3v) is 8.39. The Kier molecular flexibility index (Phi) is 6.76. The van der Waals surface area contributed by atoms with E-state index in [0.717, 1.165) is 5.56 Å². The molecule has 2 aliphatic carbocycles. The SMILES string of the molecule is CC1(C)CC(=O)C2=C(C1)OC1=C(C(=O)CC(C)(C)C1)C2c1cc(Br)c(OCc2cccc(F)c2)c(Br)c1. The Bertz CT molecular complexity index is 1310. The molecular formula is C30H29Br2FO4. The lowest BCUT2D eigenvalue weighted by Crippen LogP contribution is -2.37. The fraction of sp³-hybridized carbons (Fsp3) is 0.400. The maximum Gasteiger partial charge on any atom is 0.163 e. The van der Waals surface area contributed by atoms with Crippen LogP contribution in [-0.2, 0) is 20.9 Å². The van der Waals surface area contributed by atoms with Gasteiger partial charge in [-0.2, -0.15) is 0 Å². The lowest BCUT2D eigenvalue weighted by molar-refractivity contribution is -0.120. The summed E-state index contributed by atoms with van der Waals surface area (Å²) >= 11 is 7.27. The fourth-order valence-electron chi connectivity index (χ4n) is 5.67. The zero-order chi connectivity index (χ0) is 26.7. The van der Waals surface area contributed by atoms with Gasteiger partial charge >= 0.3 is 0 Å². The molecule has 1 heterocycles. The van der Waals surface area contributed by atoms with Crippen molar-refractivity contribution in [2.45, 2.75) is 65.9 Å². The number of carbonyl (C=O) groups excluding carboxylic acids is 2. The molecule has 37 heavy (non-hydrogen) atoms. The summed E-state index contributed by atoms with van der Waals surface area (Å²) in [7, 11) is 0. The Labute approximate surface area is 233 Å². The first-order valence-corrected chi connectivity index (χ1v) is 14.0. The van der Waals surface area contributed by atoms with Crippen molar-refractivity contribution in [3.63, 3.8) is 0 Å². The number of allylic oxidation sites excluding steroid dienone is 4. The molecule has 1 aliphatic heterocycles. The molecule has 0 unspecified atom stereocenters. The van der Waals surface area contributed by atoms with Gasteiger partial charge in [-0.05, 0) is 78.1 Å². The summed E-state index contributed by atoms with van der Waals surface area (Å²) in [6.45, 7) is 8.49. The van der Waals surface area contributed by atoms with Gasteiger partial charge in [-0.15, -0.1) is 0 Å². The Morgan fingerprint density at radius 2 is 1.43 bits per heavy atom. The minimum Gasteiger partial charge on any atom is -0.487 e. The van der Waals surface area contributed by atoms with E-state index in [0.29, 0.717) is 68.6 Å². The van der Waals surface area contributed by atoms with Crippen LogP contribution in [0.15, 0.2) is 68.0 Å². The molecule has 2 aromatic carbocycles. The molecule has 0 amide bonds. The minimum absolute atomic E-state index is 0.0270. The predicted molar refractivity (Wildman–Crippen MR) is 146 cm³/mol. The average Bonchev–Trinajstić information content (AvgIpc) is 2.75. The van der Waals surface area contributed by atoms with Gasteiger partial charge in [0, 0.05) is 42.7 Å². The van der Waals surface area contributed by atoms with Crippen molar-refractivity contribution in [3.05, 3.63) is 85.0 Å². The van der Waals surface area contributed by atoms with Crippen molar-refractivity contribution in [1.82, 2.24) is 0 Å². The van der Waals surface area contributed by atoms with Gasteiger partial charge in [0.2, 0.25) is 0 Å². The summed E-state index contributed by atoms with van der Waals surface area (Å²) < 4.78 is 27.3. The largest absolute Gasteiger partial charge is 0.487 e. The maximum atomic E-state index is 13.6. The minimum atomic E-state index is -0.490. The number of hydrogen-bond donors (Lipinski definition) is 0. The second-order valence-corrected chi connectivity index (χ2v) is 13.5. The molecule has 3 aliphatic rings. The van der Waals surface area contributed by atoms with Crippen molar-refractivity contribution in [3.8, 4) is 5.75 Å². The Morgan fingerprint density at radius 1 is 0.892 bits per heavy atom. The van der Waals surface area contributed by atoms with Gasteiger partial charge in [-0.1, -0.05) is 39.8 Å². The Morgan fingerprint density at radius 3 is 1.95 bits per heavy atom. The summed E-state index contributed by atoms with van der Waals surface area (Å²) in [5.41, 5.74) is 2.31. The second kappa shape index (κ2) is 9.49. The number of carbonyl (C=O) groups is 2. The van der Waals surface area contributed by atoms with Gasteiger partial charge in [0.25, 0.3) is 0 Å². The monoisotopic (exact) mass is 630 g/mol. The summed E-state index contributed by atoms with van der Waals surface area (Å²) in [6, 6.07) is 10.1. The van der Waals surface area contributed by atoms with E-state index in [2.05, 4.69) is 59.6 Å². The summed E-state index contributed by atoms with van der Waals surface area (Å²) in [6.07, 6.45) is 2.11. The van der Waals surface area contributed by atoms with Crippen molar-refractivity contribution in [2.75, 3.05) is 0 Å². The lowest BCUT2D eigenvalue weighted by atomic mass is 9.65. The Hall–Kier alpha value is -2.25. The van der Waals surface area contributed by atoms with Crippen LogP contribution in [0.2, 0.25) is 0 Å². The molecule has 5 rings (SSSR count). The topological polar surface area (TPSA) is 52.6 Å². The lowest BCUT2D eigenvalue weighted by Gasteiger charge is -2.42. The van der Waals surface area contributed by atoms with Gasteiger partial charge in [-0.3, -0.25) is 9.59 Å². The van der Waals surface area contributed by atoms with Crippen LogP contribution >= 0.6 is 31.9 Å². The smallest absolute Gasteiger partial charge is 0.163 e. The first-order chi connectivity index (χ1) is 17.3. The van der Waals surface area contributed by atoms with Crippen LogP contribution in [0.4, 0.5) is 4.39 Å². The van der Waals surface area contributed by atoms with E-state index in [1.165, 1.54) is 12.1 Å². The van der Waals surface area contributed by atoms with Crippen LogP contribution < -0.4 is 4.74 Å². The van der Waals surface area contributed by atoms with Crippen LogP contribution in [0.5, 0.6) is 5.75 Å². The van der Waals surface area contributed by atoms with Crippen LogP contribution in [0, 0.1) is 16.6 Å². The normalized spacial score (nSPS) is 20.9. The van der Waals surface area contributed by atoms with Gasteiger partial charge in [0.1, 0.15) is 29.7 Å². The Balaban J connectivity index is 1.57. The molecule has 4 nitrogen and oxygen atoms in total. The van der Waals surface area contributed by atoms with E-state index < -0.39 is 5.92 Å². The molecule has 194 valence electrons. The van der Waals surface area contributed by atoms with Crippen molar-refractivity contribution < 1.29 is 23.5 Å². The molecule has 0 fully saturated rings. The van der Waals surface area contributed by atoms with Crippen LogP contribution in [0.25, 0.3) is 0 Å². The number of rotatable bonds is 4. The van der Waals surface area contributed by atoms with Crippen LogP contribution in [0.3, 0.4) is 0 Å². The number of ether oxygens (including phenoxy) is 2. The third kappa shape index (κ3) is 5.22. The molecule has 0 aromatic heterocycles. The zero-order valence-electron chi connectivity index (χ0n) is 21.3. The molecule has 0 atom stereocenters. The van der Waals surface area contributed by atoms with Crippen LogP contribution in [-0.4, -0.2) is 11.6 Å². The molecule has 0 spiro atoms. The molecule has 2 aromatic rings. The van der Waals surface area contributed by atoms with Gasteiger partial charge in [-0.25, -0.2) is 4.39 Å². The van der Waals surface area contributed by atoms with Crippen LogP contribution in [0.1, 0.15) is 70.4 Å². The average molecular weight is 632 g/mol. The zero-order valence-corrected chi connectivity index (χ0v) is 24.5. The molecule has 0 N–H and O–H groups in total. The fourth-order valence-corrected chi connectivity index (χ4v) is 7.13. The van der Waals surface area contributed by atoms with E-state index in [1.807, 2.05) is 12.1 Å². The molecule has 0 saturated heterocycles. The van der Waals surface area contributed by atoms with Crippen molar-refractivity contribution in [2.24, 2.45) is 10.8 Å². The number of ketones is 2. The predicted octanol–water partition coefficient (Wildman–Crippen LogP) is 8.33. The summed E-state index contributed by atoms with van der Waals surface area (Å²) in [5, 5.41) is 0. The molecular weight excluding hydrogens is 603 g/mol. The molecule has 0 saturated carbocycles. The van der Waals surface area contributed by atoms with E-state index >= 15 is 0 Å². The van der Waals surface area contributed by atoms with E-state index in [1.54, 1.807) is 12.1 Å². The highest BCUT2D eigenvalue weighted by Gasteiger charge is 2.48. The highest BCUT2D eigenvalue weighted by molar-refractivity contribution is 9.11. The van der Waals surface area contributed by atoms with E-state index in [9.17, 15) is 14.0 Å². The molecule has 0 radical (unpaired) electrons. The summed E-state index contributed by atoms with van der Waals surface area (Å²) in [4.78, 5) is 27.0. The second-order valence-electron chi connectivity index (χ2n) is 11.8. The van der Waals surface area contributed by atoms with E-state index in [4.69, 9.17) is 9.47 Å². The highest BCUT2D eigenvalue weighted by atomic mass is 79.9. The first kappa shape index (κ1) is 26.4. The third-order valence-electron chi connectivity index (χ3n) is 7.21. The van der Waals surface area contributed by atoms with Gasteiger partial charge in [0.05, 0.1) is 8.95 Å². The number of halogens is 3. The standard InChI is InChI=1S/C30H29Br2FO4/c1-29(2)11-21(34)26-23(13-29)37-24-14-30(3,4)12-22(35)27(24)25(26)17-9-19(31)28(20(32)10-17)36-15-16-6-5-7-18(33)8-16/h5-10,25H,11-15H2,1-4H3. The quantitative estimate of drug-likeness (QED) is 0.340.